The van der Waals surface area contributed by atoms with Crippen molar-refractivity contribution in [2.45, 2.75) is 25.6 Å². The van der Waals surface area contributed by atoms with Crippen molar-refractivity contribution in [1.82, 2.24) is 4.90 Å². The number of rotatable bonds is 3. The minimum Gasteiger partial charge on any atom is -0.350 e. The summed E-state index contributed by atoms with van der Waals surface area (Å²) < 4.78 is 11.1. The monoisotopic (exact) mass is 210 g/mol. The van der Waals surface area contributed by atoms with Crippen molar-refractivity contribution in [1.29, 1.82) is 5.26 Å². The Morgan fingerprint density at radius 2 is 2.13 bits per heavy atom. The highest BCUT2D eigenvalue weighted by Gasteiger charge is 2.30. The third-order valence-corrected chi connectivity index (χ3v) is 3.11. The predicted octanol–water partition coefficient (Wildman–Crippen LogP) is 0.985. The zero-order chi connectivity index (χ0) is 10.5. The summed E-state index contributed by atoms with van der Waals surface area (Å²) in [5, 5.41) is 8.55. The van der Waals surface area contributed by atoms with Crippen LogP contribution < -0.4 is 0 Å². The van der Waals surface area contributed by atoms with Crippen LogP contribution in [0.1, 0.15) is 19.3 Å². The number of ether oxygens (including phenoxy) is 2. The molecule has 0 aromatic carbocycles. The highest BCUT2D eigenvalue weighted by molar-refractivity contribution is 4.79. The summed E-state index contributed by atoms with van der Waals surface area (Å²) >= 11 is 0. The van der Waals surface area contributed by atoms with Crippen LogP contribution in [0.3, 0.4) is 0 Å². The lowest BCUT2D eigenvalue weighted by Gasteiger charge is -2.34. The smallest absolute Gasteiger partial charge is 0.161 e. The van der Waals surface area contributed by atoms with Gasteiger partial charge in [-0.25, -0.2) is 0 Å². The largest absolute Gasteiger partial charge is 0.350 e. The van der Waals surface area contributed by atoms with E-state index in [1.165, 1.54) is 12.8 Å². The fourth-order valence-electron chi connectivity index (χ4n) is 2.37. The maximum Gasteiger partial charge on any atom is 0.161 e. The van der Waals surface area contributed by atoms with Crippen molar-refractivity contribution in [3.63, 3.8) is 0 Å². The first kappa shape index (κ1) is 10.9. The van der Waals surface area contributed by atoms with Crippen molar-refractivity contribution in [2.24, 2.45) is 5.92 Å². The van der Waals surface area contributed by atoms with Crippen LogP contribution in [0.2, 0.25) is 0 Å². The summed E-state index contributed by atoms with van der Waals surface area (Å²) in [6, 6.07) is 2.20. The second-order valence-corrected chi connectivity index (χ2v) is 4.22. The van der Waals surface area contributed by atoms with Gasteiger partial charge in [0.2, 0.25) is 0 Å². The normalized spacial score (nSPS) is 29.1. The number of piperidine rings is 1. The Hall–Kier alpha value is -0.630. The molecule has 0 aliphatic carbocycles. The van der Waals surface area contributed by atoms with Crippen LogP contribution in [-0.4, -0.2) is 44.0 Å². The molecule has 4 nitrogen and oxygen atoms in total. The number of hydrogen-bond acceptors (Lipinski definition) is 4. The third kappa shape index (κ3) is 2.91. The Kier molecular flexibility index (Phi) is 3.95. The molecule has 0 radical (unpaired) electrons. The van der Waals surface area contributed by atoms with Crippen molar-refractivity contribution < 1.29 is 9.47 Å². The number of nitriles is 1. The van der Waals surface area contributed by atoms with Crippen molar-refractivity contribution in [3.05, 3.63) is 0 Å². The molecule has 0 saturated carbocycles. The van der Waals surface area contributed by atoms with E-state index in [4.69, 9.17) is 14.7 Å². The minimum absolute atomic E-state index is 0.00915. The van der Waals surface area contributed by atoms with Crippen molar-refractivity contribution in [2.75, 3.05) is 32.8 Å². The average Bonchev–Trinajstić information content (AvgIpc) is 2.80. The molecule has 0 bridgehead atoms. The van der Waals surface area contributed by atoms with Crippen LogP contribution >= 0.6 is 0 Å². The van der Waals surface area contributed by atoms with Crippen LogP contribution in [0, 0.1) is 17.2 Å². The zero-order valence-corrected chi connectivity index (χ0v) is 9.02. The van der Waals surface area contributed by atoms with E-state index in [0.717, 1.165) is 32.8 Å². The lowest BCUT2D eigenvalue weighted by molar-refractivity contribution is -0.0998. The predicted molar refractivity (Wildman–Crippen MR) is 55.1 cm³/mol. The first-order valence-corrected chi connectivity index (χ1v) is 5.72. The van der Waals surface area contributed by atoms with Gasteiger partial charge in [0.1, 0.15) is 0 Å². The van der Waals surface area contributed by atoms with Gasteiger partial charge in [0.05, 0.1) is 19.3 Å². The number of hydrogen-bond donors (Lipinski definition) is 0. The van der Waals surface area contributed by atoms with Gasteiger partial charge in [-0.3, -0.25) is 0 Å². The molecule has 2 fully saturated rings. The van der Waals surface area contributed by atoms with Gasteiger partial charge < -0.3 is 14.4 Å². The maximum absolute atomic E-state index is 8.55. The lowest BCUT2D eigenvalue weighted by Crippen LogP contribution is -2.41. The molecule has 1 atom stereocenters. The van der Waals surface area contributed by atoms with Crippen LogP contribution in [-0.2, 0) is 9.47 Å². The molecule has 4 heteroatoms. The topological polar surface area (TPSA) is 45.5 Å². The fourth-order valence-corrected chi connectivity index (χ4v) is 2.37. The van der Waals surface area contributed by atoms with E-state index in [1.807, 2.05) is 0 Å². The second kappa shape index (κ2) is 5.45. The van der Waals surface area contributed by atoms with Gasteiger partial charge in [-0.2, -0.15) is 5.26 Å². The Morgan fingerprint density at radius 3 is 2.87 bits per heavy atom. The highest BCUT2D eigenvalue weighted by Crippen LogP contribution is 2.24. The summed E-state index contributed by atoms with van der Waals surface area (Å²) in [6.07, 6.45) is 3.02. The van der Waals surface area contributed by atoms with Gasteiger partial charge in [0.15, 0.2) is 6.29 Å². The molecule has 0 unspecified atom stereocenters. The molecule has 0 N–H and O–H groups in total. The molecule has 0 aromatic heterocycles. The van der Waals surface area contributed by atoms with Gasteiger partial charge in [-0.05, 0) is 19.4 Å². The summed E-state index contributed by atoms with van der Waals surface area (Å²) in [6.45, 7) is 4.50. The van der Waals surface area contributed by atoms with Crippen molar-refractivity contribution >= 4 is 0 Å². The molecule has 2 aliphatic rings. The Labute approximate surface area is 90.8 Å². The molecule has 0 spiro atoms. The van der Waals surface area contributed by atoms with E-state index in [9.17, 15) is 0 Å². The molecular formula is C11H18N2O2. The Bertz CT molecular complexity index is 233. The van der Waals surface area contributed by atoms with Gasteiger partial charge in [0, 0.05) is 25.4 Å². The molecule has 15 heavy (non-hydrogen) atoms. The first-order chi connectivity index (χ1) is 7.40. The average molecular weight is 210 g/mol. The second-order valence-electron chi connectivity index (χ2n) is 4.22. The molecule has 2 saturated heterocycles. The summed E-state index contributed by atoms with van der Waals surface area (Å²) in [4.78, 5) is 2.35. The Morgan fingerprint density at radius 1 is 1.33 bits per heavy atom. The fraction of sp³-hybridized carbons (Fsp3) is 0.909. The lowest BCUT2D eigenvalue weighted by atomic mass is 9.97. The summed E-state index contributed by atoms with van der Waals surface area (Å²) in [5.41, 5.74) is 0. The van der Waals surface area contributed by atoms with Crippen molar-refractivity contribution in [3.8, 4) is 6.07 Å². The van der Waals surface area contributed by atoms with E-state index in [2.05, 4.69) is 11.0 Å². The molecule has 2 heterocycles. The minimum atomic E-state index is 0.00915. The molecule has 2 rings (SSSR count). The maximum atomic E-state index is 8.55. The van der Waals surface area contributed by atoms with E-state index in [0.29, 0.717) is 12.3 Å². The van der Waals surface area contributed by atoms with Gasteiger partial charge >= 0.3 is 0 Å². The zero-order valence-electron chi connectivity index (χ0n) is 9.02. The third-order valence-electron chi connectivity index (χ3n) is 3.11. The Balaban J connectivity index is 1.78. The molecule has 0 aromatic rings. The molecule has 2 aliphatic heterocycles. The van der Waals surface area contributed by atoms with Crippen LogP contribution in [0.5, 0.6) is 0 Å². The van der Waals surface area contributed by atoms with Crippen LogP contribution in [0.4, 0.5) is 0 Å². The standard InChI is InChI=1S/C11H18N2O2/c12-4-2-6-13-5-1-3-10(9-13)11-14-7-8-15-11/h10-11H,1-3,5-9H2/t10-/m1/s1. The van der Waals surface area contributed by atoms with E-state index in [1.54, 1.807) is 0 Å². The number of likely N-dealkylation sites (tertiary alicyclic amines) is 1. The van der Waals surface area contributed by atoms with Gasteiger partial charge in [-0.15, -0.1) is 0 Å². The van der Waals surface area contributed by atoms with Gasteiger partial charge in [-0.1, -0.05) is 0 Å². The first-order valence-electron chi connectivity index (χ1n) is 5.72. The molecule has 0 amide bonds. The summed E-state index contributed by atoms with van der Waals surface area (Å²) in [5.74, 6) is 0.500. The number of nitrogens with zero attached hydrogens (tertiary/aromatic N) is 2. The quantitative estimate of drug-likeness (QED) is 0.696. The van der Waals surface area contributed by atoms with E-state index in [-0.39, 0.29) is 6.29 Å². The molecule has 84 valence electrons. The highest BCUT2D eigenvalue weighted by atomic mass is 16.7. The molecular weight excluding hydrogens is 192 g/mol. The van der Waals surface area contributed by atoms with Crippen LogP contribution in [0.25, 0.3) is 0 Å². The van der Waals surface area contributed by atoms with Crippen LogP contribution in [0.15, 0.2) is 0 Å². The van der Waals surface area contributed by atoms with Gasteiger partial charge in [0.25, 0.3) is 0 Å². The van der Waals surface area contributed by atoms with E-state index >= 15 is 0 Å². The van der Waals surface area contributed by atoms with E-state index < -0.39 is 0 Å². The summed E-state index contributed by atoms with van der Waals surface area (Å²) in [7, 11) is 0. The SMILES string of the molecule is N#CCCN1CCC[C@@H](C2OCCO2)C1.